The van der Waals surface area contributed by atoms with Crippen LogP contribution in [0.15, 0.2) is 46.0 Å². The first-order valence-electron chi connectivity index (χ1n) is 7.96. The maximum atomic E-state index is 12.2. The Morgan fingerprint density at radius 3 is 2.38 bits per heavy atom. The first-order chi connectivity index (χ1) is 12.3. The molecule has 0 bridgehead atoms. The van der Waals surface area contributed by atoms with Crippen molar-refractivity contribution in [1.82, 2.24) is 5.32 Å². The fraction of sp³-hybridized carbons (Fsp3) is 0.294. The van der Waals surface area contributed by atoms with Crippen LogP contribution in [0.1, 0.15) is 18.4 Å². The largest absolute Gasteiger partial charge is 0.481 e. The molecule has 9 heteroatoms. The molecule has 1 aliphatic carbocycles. The number of thiophene rings is 1. The molecular weight excluding hydrogens is 376 g/mol. The van der Waals surface area contributed by atoms with Crippen molar-refractivity contribution in [3.05, 3.63) is 47.3 Å². The van der Waals surface area contributed by atoms with E-state index < -0.39 is 21.4 Å². The third-order valence-electron chi connectivity index (χ3n) is 4.26. The predicted molar refractivity (Wildman–Crippen MR) is 97.6 cm³/mol. The molecule has 0 spiro atoms. The molecule has 3 N–H and O–H groups in total. The molecule has 2 aromatic rings. The minimum absolute atomic E-state index is 0.105. The molecule has 0 unspecified atom stereocenters. The van der Waals surface area contributed by atoms with Gasteiger partial charge in [0.1, 0.15) is 4.21 Å². The normalized spacial score (nSPS) is 15.2. The van der Waals surface area contributed by atoms with Crippen molar-refractivity contribution in [2.45, 2.75) is 23.5 Å². The second-order valence-corrected chi connectivity index (χ2v) is 9.13. The molecule has 0 radical (unpaired) electrons. The molecule has 1 heterocycles. The Morgan fingerprint density at radius 1 is 1.15 bits per heavy atom. The van der Waals surface area contributed by atoms with E-state index in [1.807, 2.05) is 0 Å². The van der Waals surface area contributed by atoms with E-state index in [9.17, 15) is 18.0 Å². The third-order valence-corrected chi connectivity index (χ3v) is 7.04. The van der Waals surface area contributed by atoms with Crippen molar-refractivity contribution >= 4 is 38.9 Å². The van der Waals surface area contributed by atoms with Crippen LogP contribution in [0.4, 0.5) is 5.69 Å². The van der Waals surface area contributed by atoms with Gasteiger partial charge in [-0.15, -0.1) is 11.3 Å². The summed E-state index contributed by atoms with van der Waals surface area (Å²) in [5.41, 5.74) is 0.326. The molecule has 1 fully saturated rings. The van der Waals surface area contributed by atoms with Gasteiger partial charge in [0.25, 0.3) is 10.0 Å². The summed E-state index contributed by atoms with van der Waals surface area (Å²) in [4.78, 5) is 23.0. The number of carboxylic acid groups (broad SMARTS) is 1. The van der Waals surface area contributed by atoms with E-state index in [2.05, 4.69) is 10.0 Å². The Labute approximate surface area is 155 Å². The lowest BCUT2D eigenvalue weighted by atomic mass is 10.1. The highest BCUT2D eigenvalue weighted by Crippen LogP contribution is 2.45. The SMILES string of the molecule is O=C(Cc1ccc(NS(=O)(=O)c2cccs2)cc1)NCC1(C(=O)O)CC1. The van der Waals surface area contributed by atoms with E-state index in [0.717, 1.165) is 11.3 Å². The van der Waals surface area contributed by atoms with E-state index in [1.165, 1.54) is 6.07 Å². The lowest BCUT2D eigenvalue weighted by molar-refractivity contribution is -0.143. The molecule has 138 valence electrons. The number of hydrogen-bond acceptors (Lipinski definition) is 5. The van der Waals surface area contributed by atoms with Crippen LogP contribution in [-0.2, 0) is 26.0 Å². The smallest absolute Gasteiger partial charge is 0.311 e. The number of aliphatic carboxylic acids is 1. The van der Waals surface area contributed by atoms with Crippen LogP contribution >= 0.6 is 11.3 Å². The number of rotatable bonds is 8. The highest BCUT2D eigenvalue weighted by molar-refractivity contribution is 7.94. The van der Waals surface area contributed by atoms with E-state index in [-0.39, 0.29) is 23.1 Å². The Bertz CT molecular complexity index is 901. The molecule has 1 amide bonds. The van der Waals surface area contributed by atoms with Gasteiger partial charge in [-0.3, -0.25) is 14.3 Å². The second kappa shape index (κ2) is 7.08. The second-order valence-electron chi connectivity index (χ2n) is 6.27. The zero-order valence-corrected chi connectivity index (χ0v) is 15.4. The minimum atomic E-state index is -3.60. The summed E-state index contributed by atoms with van der Waals surface area (Å²) in [5, 5.41) is 13.4. The quantitative estimate of drug-likeness (QED) is 0.634. The maximum absolute atomic E-state index is 12.2. The zero-order chi connectivity index (χ0) is 18.8. The minimum Gasteiger partial charge on any atom is -0.481 e. The summed E-state index contributed by atoms with van der Waals surface area (Å²) in [6, 6.07) is 9.69. The fourth-order valence-electron chi connectivity index (χ4n) is 2.45. The maximum Gasteiger partial charge on any atom is 0.311 e. The Balaban J connectivity index is 1.54. The summed E-state index contributed by atoms with van der Waals surface area (Å²) in [7, 11) is -3.60. The molecular formula is C17H18N2O5S2. The lowest BCUT2D eigenvalue weighted by Gasteiger charge is -2.11. The van der Waals surface area contributed by atoms with Gasteiger partial charge in [-0.1, -0.05) is 18.2 Å². The Hall–Kier alpha value is -2.39. The van der Waals surface area contributed by atoms with Crippen molar-refractivity contribution in [1.29, 1.82) is 0 Å². The summed E-state index contributed by atoms with van der Waals surface area (Å²) in [5.74, 6) is -1.13. The molecule has 3 rings (SSSR count). The van der Waals surface area contributed by atoms with Crippen molar-refractivity contribution in [3.63, 3.8) is 0 Å². The predicted octanol–water partition coefficient (Wildman–Crippen LogP) is 2.07. The molecule has 0 aliphatic heterocycles. The van der Waals surface area contributed by atoms with Gasteiger partial charge in [0.05, 0.1) is 11.8 Å². The summed E-state index contributed by atoms with van der Waals surface area (Å²) in [6.45, 7) is 0.139. The van der Waals surface area contributed by atoms with E-state index >= 15 is 0 Å². The molecule has 1 saturated carbocycles. The number of sulfonamides is 1. The van der Waals surface area contributed by atoms with Crippen LogP contribution in [-0.4, -0.2) is 31.9 Å². The molecule has 0 saturated heterocycles. The lowest BCUT2D eigenvalue weighted by Crippen LogP contribution is -2.35. The summed E-state index contributed by atoms with van der Waals surface area (Å²) >= 11 is 1.13. The molecule has 1 aromatic carbocycles. The van der Waals surface area contributed by atoms with Gasteiger partial charge in [0.2, 0.25) is 5.91 Å². The highest BCUT2D eigenvalue weighted by atomic mass is 32.2. The van der Waals surface area contributed by atoms with E-state index in [0.29, 0.717) is 24.1 Å². The molecule has 26 heavy (non-hydrogen) atoms. The van der Waals surface area contributed by atoms with Gasteiger partial charge in [-0.25, -0.2) is 8.42 Å². The molecule has 7 nitrogen and oxygen atoms in total. The summed E-state index contributed by atoms with van der Waals surface area (Å²) < 4.78 is 27.0. The van der Waals surface area contributed by atoms with Crippen LogP contribution in [0, 0.1) is 5.41 Å². The van der Waals surface area contributed by atoms with Crippen molar-refractivity contribution in [3.8, 4) is 0 Å². The number of benzene rings is 1. The fourth-order valence-corrected chi connectivity index (χ4v) is 4.50. The average Bonchev–Trinajstić information content (AvgIpc) is 3.17. The first-order valence-corrected chi connectivity index (χ1v) is 10.3. The third kappa shape index (κ3) is 4.23. The van der Waals surface area contributed by atoms with Crippen molar-refractivity contribution in [2.75, 3.05) is 11.3 Å². The van der Waals surface area contributed by atoms with Gasteiger partial charge in [-0.2, -0.15) is 0 Å². The van der Waals surface area contributed by atoms with Crippen molar-refractivity contribution in [2.24, 2.45) is 5.41 Å². The summed E-state index contributed by atoms with van der Waals surface area (Å²) in [6.07, 6.45) is 1.27. The number of carbonyl (C=O) groups is 2. The van der Waals surface area contributed by atoms with Crippen LogP contribution in [0.25, 0.3) is 0 Å². The number of carboxylic acids is 1. The van der Waals surface area contributed by atoms with Gasteiger partial charge in [-0.05, 0) is 42.0 Å². The zero-order valence-electron chi connectivity index (χ0n) is 13.8. The molecule has 1 aliphatic rings. The average molecular weight is 394 g/mol. The van der Waals surface area contributed by atoms with E-state index in [1.54, 1.807) is 35.7 Å². The van der Waals surface area contributed by atoms with Gasteiger partial charge in [0.15, 0.2) is 0 Å². The Morgan fingerprint density at radius 2 is 1.85 bits per heavy atom. The van der Waals surface area contributed by atoms with Crippen LogP contribution in [0.3, 0.4) is 0 Å². The topological polar surface area (TPSA) is 113 Å². The first kappa shape index (κ1) is 18.4. The van der Waals surface area contributed by atoms with Gasteiger partial charge >= 0.3 is 5.97 Å². The monoisotopic (exact) mass is 394 g/mol. The number of nitrogens with one attached hydrogen (secondary N) is 2. The Kier molecular flexibility index (Phi) is 5.01. The number of anilines is 1. The van der Waals surface area contributed by atoms with Crippen LogP contribution in [0.2, 0.25) is 0 Å². The number of amides is 1. The van der Waals surface area contributed by atoms with Crippen LogP contribution < -0.4 is 10.0 Å². The van der Waals surface area contributed by atoms with Gasteiger partial charge in [0, 0.05) is 12.2 Å². The van der Waals surface area contributed by atoms with E-state index in [4.69, 9.17) is 5.11 Å². The molecule has 1 aromatic heterocycles. The number of hydrogen-bond donors (Lipinski definition) is 3. The van der Waals surface area contributed by atoms with Crippen LogP contribution in [0.5, 0.6) is 0 Å². The number of carbonyl (C=O) groups excluding carboxylic acids is 1. The highest BCUT2D eigenvalue weighted by Gasteiger charge is 2.50. The van der Waals surface area contributed by atoms with Gasteiger partial charge < -0.3 is 10.4 Å². The van der Waals surface area contributed by atoms with Crippen molar-refractivity contribution < 1.29 is 23.1 Å². The standard InChI is InChI=1S/C17H18N2O5S2/c20-14(18-11-17(7-8-17)16(21)22)10-12-3-5-13(6-4-12)19-26(23,24)15-2-1-9-25-15/h1-6,9,19H,7-8,10-11H2,(H,18,20)(H,21,22). The molecule has 0 atom stereocenters.